The molecule has 1 heterocycles. The van der Waals surface area contributed by atoms with Crippen molar-refractivity contribution in [3.63, 3.8) is 0 Å². The quantitative estimate of drug-likeness (QED) is 0.475. The molecule has 1 saturated carbocycles. The largest absolute Gasteiger partial charge is 0.506 e. The van der Waals surface area contributed by atoms with Crippen LogP contribution in [0.15, 0.2) is 36.4 Å². The fourth-order valence-electron chi connectivity index (χ4n) is 7.04. The van der Waals surface area contributed by atoms with Gasteiger partial charge in [0.1, 0.15) is 5.75 Å². The number of carbonyl (C=O) groups excluding carboxylic acids is 1. The molecule has 3 atom stereocenters. The Balaban J connectivity index is 1.52. The lowest BCUT2D eigenvalue weighted by Crippen LogP contribution is -2.66. The van der Waals surface area contributed by atoms with Gasteiger partial charge in [-0.2, -0.15) is 0 Å². The summed E-state index contributed by atoms with van der Waals surface area (Å²) >= 11 is 0. The van der Waals surface area contributed by atoms with Crippen LogP contribution in [0.25, 0.3) is 0 Å². The molecule has 0 aromatic heterocycles. The van der Waals surface area contributed by atoms with Crippen molar-refractivity contribution in [3.8, 4) is 5.75 Å². The maximum Gasteiger partial charge on any atom is 0.319 e. The van der Waals surface area contributed by atoms with Gasteiger partial charge in [-0.05, 0) is 87.0 Å². The van der Waals surface area contributed by atoms with E-state index in [2.05, 4.69) is 40.9 Å². The number of amides is 2. The third kappa shape index (κ3) is 3.46. The molecule has 0 spiro atoms. The van der Waals surface area contributed by atoms with Crippen molar-refractivity contribution < 1.29 is 9.90 Å². The molecule has 2 amide bonds. The van der Waals surface area contributed by atoms with Crippen LogP contribution in [0.3, 0.4) is 0 Å². The van der Waals surface area contributed by atoms with E-state index < -0.39 is 0 Å². The minimum absolute atomic E-state index is 0.156. The van der Waals surface area contributed by atoms with Crippen molar-refractivity contribution >= 4 is 23.1 Å². The van der Waals surface area contributed by atoms with Crippen molar-refractivity contribution in [2.45, 2.75) is 63.8 Å². The van der Waals surface area contributed by atoms with Gasteiger partial charge in [-0.3, -0.25) is 0 Å². The number of aromatic hydroxyl groups is 1. The van der Waals surface area contributed by atoms with E-state index in [0.29, 0.717) is 24.0 Å². The number of hydrogen-bond acceptors (Lipinski definition) is 4. The molecule has 176 valence electrons. The Hall–Kier alpha value is -2.73. The number of nitrogens with one attached hydrogen (secondary N) is 3. The smallest absolute Gasteiger partial charge is 0.319 e. The summed E-state index contributed by atoms with van der Waals surface area (Å²) in [7, 11) is 2.28. The topological polar surface area (TPSA) is 76.6 Å². The first kappa shape index (κ1) is 22.1. The third-order valence-corrected chi connectivity index (χ3v) is 8.73. The normalized spacial score (nSPS) is 28.4. The van der Waals surface area contributed by atoms with Gasteiger partial charge in [0.15, 0.2) is 0 Å². The Morgan fingerprint density at radius 3 is 2.67 bits per heavy atom. The highest BCUT2D eigenvalue weighted by molar-refractivity contribution is 5.94. The average molecular weight is 449 g/mol. The third-order valence-electron chi connectivity index (χ3n) is 8.73. The van der Waals surface area contributed by atoms with Crippen LogP contribution >= 0.6 is 0 Å². The Morgan fingerprint density at radius 2 is 1.88 bits per heavy atom. The van der Waals surface area contributed by atoms with Crippen LogP contribution < -0.4 is 16.0 Å². The van der Waals surface area contributed by atoms with E-state index in [1.54, 1.807) is 0 Å². The summed E-state index contributed by atoms with van der Waals surface area (Å²) in [5.74, 6) is 0.279. The highest BCUT2D eigenvalue weighted by atomic mass is 16.3. The summed E-state index contributed by atoms with van der Waals surface area (Å²) in [6.45, 7) is 6.07. The van der Waals surface area contributed by atoms with Gasteiger partial charge in [0, 0.05) is 18.0 Å². The number of rotatable bonds is 4. The summed E-state index contributed by atoms with van der Waals surface area (Å²) in [5, 5.41) is 20.2. The molecule has 0 radical (unpaired) electrons. The van der Waals surface area contributed by atoms with E-state index in [4.69, 9.17) is 0 Å². The van der Waals surface area contributed by atoms with Crippen molar-refractivity contribution in [2.75, 3.05) is 30.8 Å². The summed E-state index contributed by atoms with van der Waals surface area (Å²) in [5.41, 5.74) is 5.25. The van der Waals surface area contributed by atoms with Gasteiger partial charge in [0.25, 0.3) is 0 Å². The van der Waals surface area contributed by atoms with Crippen LogP contribution in [0.4, 0.5) is 21.9 Å². The molecular formula is C27H36N4O2. The van der Waals surface area contributed by atoms with Gasteiger partial charge in [-0.1, -0.05) is 31.9 Å². The van der Waals surface area contributed by atoms with Crippen LogP contribution in [0.5, 0.6) is 5.75 Å². The van der Waals surface area contributed by atoms with Crippen LogP contribution in [0.1, 0.15) is 57.1 Å². The Morgan fingerprint density at radius 1 is 1.12 bits per heavy atom. The van der Waals surface area contributed by atoms with E-state index in [9.17, 15) is 9.90 Å². The number of phenols is 1. The van der Waals surface area contributed by atoms with Gasteiger partial charge < -0.3 is 26.0 Å². The number of carbonyl (C=O) groups is 1. The number of nitrogens with zero attached hydrogens (tertiary/aromatic N) is 1. The molecule has 33 heavy (non-hydrogen) atoms. The second kappa shape index (κ2) is 8.24. The molecule has 2 aromatic carbocycles. The summed E-state index contributed by atoms with van der Waals surface area (Å²) in [4.78, 5) is 14.6. The number of anilines is 3. The molecule has 2 bridgehead atoms. The van der Waals surface area contributed by atoms with E-state index >= 15 is 0 Å². The van der Waals surface area contributed by atoms with Gasteiger partial charge in [0.2, 0.25) is 0 Å². The lowest BCUT2D eigenvalue weighted by molar-refractivity contribution is -0.0735. The maximum atomic E-state index is 12.1. The number of urea groups is 1. The highest BCUT2D eigenvalue weighted by Crippen LogP contribution is 2.63. The lowest BCUT2D eigenvalue weighted by Gasteiger charge is -2.65. The van der Waals surface area contributed by atoms with Crippen LogP contribution in [-0.4, -0.2) is 42.2 Å². The van der Waals surface area contributed by atoms with Crippen molar-refractivity contribution in [3.05, 3.63) is 47.5 Å². The zero-order valence-corrected chi connectivity index (χ0v) is 20.0. The second-order valence-corrected chi connectivity index (χ2v) is 10.3. The Kier molecular flexibility index (Phi) is 5.52. The molecule has 1 aliphatic heterocycles. The molecule has 6 heteroatoms. The van der Waals surface area contributed by atoms with Gasteiger partial charge >= 0.3 is 6.03 Å². The van der Waals surface area contributed by atoms with Crippen LogP contribution in [0, 0.1) is 5.41 Å². The Bertz CT molecular complexity index is 1070. The number of hydrogen-bond donors (Lipinski definition) is 4. The molecule has 4 N–H and O–H groups in total. The number of piperidine rings is 1. The summed E-state index contributed by atoms with van der Waals surface area (Å²) < 4.78 is 0. The average Bonchev–Trinajstić information content (AvgIpc) is 2.79. The minimum atomic E-state index is -0.243. The van der Waals surface area contributed by atoms with Crippen molar-refractivity contribution in [1.82, 2.24) is 10.2 Å². The first-order valence-electron chi connectivity index (χ1n) is 12.4. The molecule has 1 saturated heterocycles. The van der Waals surface area contributed by atoms with Crippen LogP contribution in [0.2, 0.25) is 0 Å². The number of benzene rings is 2. The number of phenolic OH excluding ortho intramolecular Hbond substituents is 1. The first-order chi connectivity index (χ1) is 15.9. The molecule has 6 nitrogen and oxygen atoms in total. The molecule has 2 aromatic rings. The monoisotopic (exact) mass is 448 g/mol. The highest BCUT2D eigenvalue weighted by Gasteiger charge is 2.60. The fourth-order valence-corrected chi connectivity index (χ4v) is 7.04. The number of fused-ring (bicyclic) bond motifs is 1. The summed E-state index contributed by atoms with van der Waals surface area (Å²) in [6, 6.07) is 12.1. The van der Waals surface area contributed by atoms with E-state index in [1.807, 2.05) is 37.3 Å². The molecule has 5 rings (SSSR count). The fraction of sp³-hybridized carbons (Fsp3) is 0.519. The number of para-hydroxylation sites is 2. The van der Waals surface area contributed by atoms with E-state index in [1.165, 1.54) is 36.8 Å². The van der Waals surface area contributed by atoms with Crippen molar-refractivity contribution in [2.24, 2.45) is 5.41 Å². The predicted octanol–water partition coefficient (Wildman–Crippen LogP) is 5.36. The molecule has 3 aliphatic rings. The predicted molar refractivity (Wildman–Crippen MR) is 134 cm³/mol. The maximum absolute atomic E-state index is 12.1. The molecular weight excluding hydrogens is 412 g/mol. The zero-order valence-electron chi connectivity index (χ0n) is 20.0. The Labute approximate surface area is 196 Å². The minimum Gasteiger partial charge on any atom is -0.506 e. The van der Waals surface area contributed by atoms with Gasteiger partial charge in [-0.15, -0.1) is 0 Å². The van der Waals surface area contributed by atoms with Gasteiger partial charge in [-0.25, -0.2) is 4.79 Å². The molecule has 0 unspecified atom stereocenters. The van der Waals surface area contributed by atoms with Gasteiger partial charge in [0.05, 0.1) is 17.1 Å². The number of likely N-dealkylation sites (tertiary alicyclic amines) is 1. The second-order valence-electron chi connectivity index (χ2n) is 10.3. The molecule has 2 aliphatic carbocycles. The van der Waals surface area contributed by atoms with Crippen molar-refractivity contribution in [1.29, 1.82) is 0 Å². The SMILES string of the molecule is CCNC(=O)Nc1ccccc1Nc1cc2c(cc1O)[C@]13CCCC[C@]1(C)[C@H](C2)N(C)CC3. The number of likely N-dealkylation sites (N-methyl/N-ethyl adjacent to an activating group) is 1. The van der Waals surface area contributed by atoms with Crippen LogP contribution in [-0.2, 0) is 11.8 Å². The van der Waals surface area contributed by atoms with E-state index in [-0.39, 0.29) is 22.6 Å². The standard InChI is InChI=1S/C27H36N4O2/c1-4-28-25(33)30-21-10-6-5-9-20(21)29-22-15-18-16-24-26(2)11-7-8-12-27(26,13-14-31(24)3)19(18)17-23(22)32/h5-6,9-10,15,17,24,29,32H,4,7-8,11-14,16H2,1-3H3,(H2,28,30,33)/t24-,26+,27+/m0/s1. The zero-order chi connectivity index (χ0) is 23.2. The summed E-state index contributed by atoms with van der Waals surface area (Å²) in [6.07, 6.45) is 7.23. The first-order valence-corrected chi connectivity index (χ1v) is 12.4. The lowest BCUT2D eigenvalue weighted by atomic mass is 9.45. The molecule has 2 fully saturated rings. The van der Waals surface area contributed by atoms with E-state index in [0.717, 1.165) is 25.1 Å².